The van der Waals surface area contributed by atoms with E-state index in [9.17, 15) is 14.4 Å². The fraction of sp³-hybridized carbons (Fsp3) is 0.160. The molecule has 0 spiro atoms. The van der Waals surface area contributed by atoms with E-state index in [0.717, 1.165) is 5.56 Å². The summed E-state index contributed by atoms with van der Waals surface area (Å²) in [6.45, 7) is 2.08. The van der Waals surface area contributed by atoms with Crippen LogP contribution in [-0.2, 0) is 4.79 Å². The molecule has 0 bridgehead atoms. The number of amides is 3. The predicted octanol–water partition coefficient (Wildman–Crippen LogP) is 4.59. The molecule has 0 heterocycles. The zero-order valence-corrected chi connectivity index (χ0v) is 18.4. The lowest BCUT2D eigenvalue weighted by Gasteiger charge is -2.16. The van der Waals surface area contributed by atoms with Gasteiger partial charge in [0.05, 0.1) is 6.04 Å². The molecular formula is C25H24ClN3O3. The molecule has 3 rings (SSSR count). The van der Waals surface area contributed by atoms with E-state index in [2.05, 4.69) is 16.0 Å². The second-order valence-corrected chi connectivity index (χ2v) is 7.68. The van der Waals surface area contributed by atoms with E-state index in [0.29, 0.717) is 21.8 Å². The second kappa shape index (κ2) is 11.1. The summed E-state index contributed by atoms with van der Waals surface area (Å²) in [4.78, 5) is 36.7. The molecular weight excluding hydrogens is 426 g/mol. The van der Waals surface area contributed by atoms with Gasteiger partial charge in [0.25, 0.3) is 11.8 Å². The molecule has 3 aromatic carbocycles. The summed E-state index contributed by atoms with van der Waals surface area (Å²) in [5.74, 6) is -0.645. The molecule has 0 saturated carbocycles. The topological polar surface area (TPSA) is 87.3 Å². The average molecular weight is 450 g/mol. The first-order chi connectivity index (χ1) is 15.4. The number of nitrogens with one attached hydrogen (secondary N) is 3. The van der Waals surface area contributed by atoms with Crippen molar-refractivity contribution in [2.24, 2.45) is 0 Å². The maximum atomic E-state index is 12.3. The molecule has 0 radical (unpaired) electrons. The third-order valence-corrected chi connectivity index (χ3v) is 5.05. The van der Waals surface area contributed by atoms with E-state index in [-0.39, 0.29) is 36.7 Å². The normalized spacial score (nSPS) is 11.3. The molecule has 1 atom stereocenters. The van der Waals surface area contributed by atoms with Gasteiger partial charge in [-0.15, -0.1) is 0 Å². The molecule has 0 aliphatic carbocycles. The van der Waals surface area contributed by atoms with E-state index < -0.39 is 0 Å². The van der Waals surface area contributed by atoms with E-state index in [4.69, 9.17) is 11.6 Å². The van der Waals surface area contributed by atoms with Crippen LogP contribution in [0.3, 0.4) is 0 Å². The summed E-state index contributed by atoms with van der Waals surface area (Å²) in [5, 5.41) is 9.05. The Kier molecular flexibility index (Phi) is 8.00. The molecule has 0 aromatic heterocycles. The zero-order valence-electron chi connectivity index (χ0n) is 17.6. The van der Waals surface area contributed by atoms with Crippen LogP contribution >= 0.6 is 11.6 Å². The van der Waals surface area contributed by atoms with E-state index in [1.54, 1.807) is 54.6 Å². The third kappa shape index (κ3) is 6.68. The SMILES string of the molecule is CC(NC(=O)CCNC(=O)c1ccc(Cl)cc1)c1cccc(NC(=O)c2ccccc2)c1. The largest absolute Gasteiger partial charge is 0.352 e. The van der Waals surface area contributed by atoms with E-state index in [1.165, 1.54) is 0 Å². The third-order valence-electron chi connectivity index (χ3n) is 4.80. The Hall–Kier alpha value is -3.64. The summed E-state index contributed by atoms with van der Waals surface area (Å²) in [5.41, 5.74) is 2.56. The van der Waals surface area contributed by atoms with Crippen molar-refractivity contribution in [2.75, 3.05) is 11.9 Å². The van der Waals surface area contributed by atoms with Gasteiger partial charge < -0.3 is 16.0 Å². The fourth-order valence-electron chi connectivity index (χ4n) is 3.07. The van der Waals surface area contributed by atoms with E-state index in [1.807, 2.05) is 31.2 Å². The molecule has 0 aliphatic rings. The fourth-order valence-corrected chi connectivity index (χ4v) is 3.19. The van der Waals surface area contributed by atoms with Crippen LogP contribution in [0.1, 0.15) is 45.7 Å². The zero-order chi connectivity index (χ0) is 22.9. The molecule has 3 N–H and O–H groups in total. The molecule has 3 aromatic rings. The van der Waals surface area contributed by atoms with Crippen molar-refractivity contribution < 1.29 is 14.4 Å². The van der Waals surface area contributed by atoms with Gasteiger partial charge in [-0.05, 0) is 61.0 Å². The molecule has 0 fully saturated rings. The number of hydrogen-bond donors (Lipinski definition) is 3. The first kappa shape index (κ1) is 23.0. The molecule has 32 heavy (non-hydrogen) atoms. The first-order valence-corrected chi connectivity index (χ1v) is 10.6. The minimum atomic E-state index is -0.261. The summed E-state index contributed by atoms with van der Waals surface area (Å²) in [7, 11) is 0. The maximum Gasteiger partial charge on any atom is 0.255 e. The second-order valence-electron chi connectivity index (χ2n) is 7.25. The number of hydrogen-bond acceptors (Lipinski definition) is 3. The van der Waals surface area contributed by atoms with Gasteiger partial charge in [0.15, 0.2) is 0 Å². The number of carbonyl (C=O) groups is 3. The van der Waals surface area contributed by atoms with Crippen molar-refractivity contribution in [2.45, 2.75) is 19.4 Å². The van der Waals surface area contributed by atoms with Gasteiger partial charge in [-0.2, -0.15) is 0 Å². The lowest BCUT2D eigenvalue weighted by Crippen LogP contribution is -2.32. The highest BCUT2D eigenvalue weighted by atomic mass is 35.5. The Balaban J connectivity index is 1.48. The van der Waals surface area contributed by atoms with Gasteiger partial charge in [-0.25, -0.2) is 0 Å². The van der Waals surface area contributed by atoms with Crippen LogP contribution < -0.4 is 16.0 Å². The van der Waals surface area contributed by atoms with Gasteiger partial charge >= 0.3 is 0 Å². The predicted molar refractivity (Wildman–Crippen MR) is 126 cm³/mol. The minimum absolute atomic E-state index is 0.147. The summed E-state index contributed by atoms with van der Waals surface area (Å²) >= 11 is 5.82. The summed E-state index contributed by atoms with van der Waals surface area (Å²) in [6.07, 6.45) is 0.147. The van der Waals surface area contributed by atoms with Crippen molar-refractivity contribution in [3.8, 4) is 0 Å². The molecule has 7 heteroatoms. The number of benzene rings is 3. The Bertz CT molecular complexity index is 1090. The van der Waals surface area contributed by atoms with Gasteiger partial charge in [0.1, 0.15) is 0 Å². The lowest BCUT2D eigenvalue weighted by molar-refractivity contribution is -0.121. The van der Waals surface area contributed by atoms with Crippen LogP contribution in [0.5, 0.6) is 0 Å². The van der Waals surface area contributed by atoms with Gasteiger partial charge in [0.2, 0.25) is 5.91 Å². The van der Waals surface area contributed by atoms with Crippen LogP contribution in [0, 0.1) is 0 Å². The Morgan fingerprint density at radius 3 is 2.25 bits per heavy atom. The molecule has 0 saturated heterocycles. The number of halogens is 1. The number of rotatable bonds is 8. The van der Waals surface area contributed by atoms with Crippen LogP contribution in [0.2, 0.25) is 5.02 Å². The first-order valence-electron chi connectivity index (χ1n) is 10.2. The summed E-state index contributed by atoms with van der Waals surface area (Å²) < 4.78 is 0. The standard InChI is InChI=1S/C25H24ClN3O3/c1-17(28-23(30)14-15-27-24(31)19-10-12-21(26)13-11-19)20-8-5-9-22(16-20)29-25(32)18-6-3-2-4-7-18/h2-13,16-17H,14-15H2,1H3,(H,27,31)(H,28,30)(H,29,32). The highest BCUT2D eigenvalue weighted by Crippen LogP contribution is 2.18. The Labute approximate surface area is 192 Å². The van der Waals surface area contributed by atoms with Crippen LogP contribution in [-0.4, -0.2) is 24.3 Å². The average Bonchev–Trinajstić information content (AvgIpc) is 2.80. The monoisotopic (exact) mass is 449 g/mol. The Morgan fingerprint density at radius 1 is 0.844 bits per heavy atom. The van der Waals surface area contributed by atoms with Crippen molar-refractivity contribution in [3.05, 3.63) is 101 Å². The van der Waals surface area contributed by atoms with Crippen molar-refractivity contribution >= 4 is 35.0 Å². The van der Waals surface area contributed by atoms with Crippen molar-refractivity contribution in [3.63, 3.8) is 0 Å². The van der Waals surface area contributed by atoms with Crippen LogP contribution in [0.4, 0.5) is 5.69 Å². The minimum Gasteiger partial charge on any atom is -0.352 e. The number of anilines is 1. The molecule has 6 nitrogen and oxygen atoms in total. The maximum absolute atomic E-state index is 12.3. The Morgan fingerprint density at radius 2 is 1.53 bits per heavy atom. The van der Waals surface area contributed by atoms with Gasteiger partial charge in [-0.1, -0.05) is 41.9 Å². The number of carbonyl (C=O) groups excluding carboxylic acids is 3. The van der Waals surface area contributed by atoms with Crippen molar-refractivity contribution in [1.29, 1.82) is 0 Å². The molecule has 0 aliphatic heterocycles. The van der Waals surface area contributed by atoms with Crippen LogP contribution in [0.15, 0.2) is 78.9 Å². The highest BCUT2D eigenvalue weighted by Gasteiger charge is 2.12. The van der Waals surface area contributed by atoms with E-state index >= 15 is 0 Å². The highest BCUT2D eigenvalue weighted by molar-refractivity contribution is 6.30. The molecule has 164 valence electrons. The summed E-state index contributed by atoms with van der Waals surface area (Å²) in [6, 6.07) is 22.6. The quantitative estimate of drug-likeness (QED) is 0.470. The van der Waals surface area contributed by atoms with Gasteiger partial charge in [0, 0.05) is 34.8 Å². The molecule has 1 unspecified atom stereocenters. The van der Waals surface area contributed by atoms with Gasteiger partial charge in [-0.3, -0.25) is 14.4 Å². The lowest BCUT2D eigenvalue weighted by atomic mass is 10.1. The molecule has 3 amide bonds. The smallest absolute Gasteiger partial charge is 0.255 e. The van der Waals surface area contributed by atoms with Crippen LogP contribution in [0.25, 0.3) is 0 Å². The van der Waals surface area contributed by atoms with Crippen molar-refractivity contribution in [1.82, 2.24) is 10.6 Å².